The van der Waals surface area contributed by atoms with Crippen LogP contribution in [-0.2, 0) is 12.7 Å². The Bertz CT molecular complexity index is 881. The summed E-state index contributed by atoms with van der Waals surface area (Å²) < 4.78 is 69.9. The first kappa shape index (κ1) is 21.5. The van der Waals surface area contributed by atoms with Crippen LogP contribution in [-0.4, -0.2) is 28.8 Å². The normalized spacial score (nSPS) is 14.3. The third-order valence-corrected chi connectivity index (χ3v) is 4.82. The first-order valence-electron chi connectivity index (χ1n) is 8.82. The summed E-state index contributed by atoms with van der Waals surface area (Å²) in [5, 5.41) is 6.21. The minimum atomic E-state index is -4.51. The van der Waals surface area contributed by atoms with E-state index < -0.39 is 24.4 Å². The summed E-state index contributed by atoms with van der Waals surface area (Å²) in [5.41, 5.74) is -0.452. The molecule has 0 bridgehead atoms. The molecule has 1 aliphatic carbocycles. The van der Waals surface area contributed by atoms with Crippen molar-refractivity contribution in [3.63, 3.8) is 0 Å². The van der Waals surface area contributed by atoms with Gasteiger partial charge in [0.25, 0.3) is 5.91 Å². The molecule has 1 aliphatic rings. The number of amides is 1. The Hall–Kier alpha value is -2.17. The van der Waals surface area contributed by atoms with Gasteiger partial charge in [-0.15, -0.1) is 0 Å². The molecule has 1 heterocycles. The Kier molecular flexibility index (Phi) is 6.45. The number of halogens is 6. The Morgan fingerprint density at radius 1 is 1.31 bits per heavy atom. The molecule has 0 spiro atoms. The lowest BCUT2D eigenvalue weighted by molar-refractivity contribution is -0.141. The largest absolute Gasteiger partial charge is 0.435 e. The summed E-state index contributed by atoms with van der Waals surface area (Å²) in [6, 6.07) is 5.13. The lowest BCUT2D eigenvalue weighted by Crippen LogP contribution is -2.26. The van der Waals surface area contributed by atoms with Crippen LogP contribution < -0.4 is 10.1 Å². The predicted octanol–water partition coefficient (Wildman–Crippen LogP) is 4.96. The molecule has 1 amide bonds. The van der Waals surface area contributed by atoms with Crippen molar-refractivity contribution in [2.45, 2.75) is 44.5 Å². The van der Waals surface area contributed by atoms with Crippen molar-refractivity contribution in [2.75, 3.05) is 6.54 Å². The maximum Gasteiger partial charge on any atom is 0.435 e. The summed E-state index contributed by atoms with van der Waals surface area (Å²) in [6.07, 6.45) is -2.53. The third kappa shape index (κ3) is 5.68. The zero-order valence-electron chi connectivity index (χ0n) is 15.0. The number of ether oxygens (including phenoxy) is 1. The van der Waals surface area contributed by atoms with Gasteiger partial charge in [-0.3, -0.25) is 9.48 Å². The van der Waals surface area contributed by atoms with E-state index in [2.05, 4.69) is 31.1 Å². The lowest BCUT2D eigenvalue weighted by Gasteiger charge is -2.12. The molecule has 1 saturated carbocycles. The number of aromatic nitrogens is 2. The first-order valence-corrected chi connectivity index (χ1v) is 9.62. The van der Waals surface area contributed by atoms with Gasteiger partial charge in [0.15, 0.2) is 5.69 Å². The Labute approximate surface area is 171 Å². The number of hydrogen-bond acceptors (Lipinski definition) is 3. The van der Waals surface area contributed by atoms with Crippen molar-refractivity contribution in [1.82, 2.24) is 15.1 Å². The van der Waals surface area contributed by atoms with Crippen molar-refractivity contribution >= 4 is 21.8 Å². The Balaban J connectivity index is 1.59. The summed E-state index contributed by atoms with van der Waals surface area (Å²) in [6.45, 7) is -2.75. The Morgan fingerprint density at radius 3 is 2.66 bits per heavy atom. The van der Waals surface area contributed by atoms with Gasteiger partial charge in [-0.1, -0.05) is 15.9 Å². The molecule has 0 radical (unpaired) electrons. The average molecular weight is 482 g/mol. The second kappa shape index (κ2) is 8.68. The third-order valence-electron chi connectivity index (χ3n) is 4.33. The van der Waals surface area contributed by atoms with Crippen molar-refractivity contribution < 1.29 is 31.5 Å². The summed E-state index contributed by atoms with van der Waals surface area (Å²) in [5.74, 6) is -0.802. The molecule has 1 fully saturated rings. The van der Waals surface area contributed by atoms with E-state index in [9.17, 15) is 26.7 Å². The van der Waals surface area contributed by atoms with Gasteiger partial charge in [-0.2, -0.15) is 27.1 Å². The van der Waals surface area contributed by atoms with E-state index in [1.54, 1.807) is 0 Å². The summed E-state index contributed by atoms with van der Waals surface area (Å²) in [4.78, 5) is 12.3. The lowest BCUT2D eigenvalue weighted by atomic mass is 10.2. The van der Waals surface area contributed by atoms with Gasteiger partial charge in [-0.05, 0) is 43.5 Å². The zero-order chi connectivity index (χ0) is 21.2. The number of alkyl halides is 5. The maximum atomic E-state index is 12.9. The standard InChI is InChI=1S/C18H17BrF5N3O2/c19-11-4-5-14(29-17(20)21)12(8-11)16(28)25-6-1-7-27-13(10-2-3-10)9-15(26-27)18(22,23)24/h4-5,8-10,17H,1-3,6-7H2,(H,25,28). The highest BCUT2D eigenvalue weighted by atomic mass is 79.9. The van der Waals surface area contributed by atoms with Crippen molar-refractivity contribution in [3.8, 4) is 5.75 Å². The average Bonchev–Trinajstić information content (AvgIpc) is 3.38. The molecule has 158 valence electrons. The molecular weight excluding hydrogens is 465 g/mol. The molecule has 5 nitrogen and oxygen atoms in total. The van der Waals surface area contributed by atoms with Gasteiger partial charge in [0.2, 0.25) is 0 Å². The van der Waals surface area contributed by atoms with Crippen LogP contribution in [0.1, 0.15) is 46.9 Å². The zero-order valence-corrected chi connectivity index (χ0v) is 16.6. The molecule has 1 aromatic heterocycles. The molecule has 0 aliphatic heterocycles. The van der Waals surface area contributed by atoms with E-state index in [1.165, 1.54) is 22.9 Å². The second-order valence-corrected chi connectivity index (χ2v) is 7.49. The molecule has 0 atom stereocenters. The molecular formula is C18H17BrF5N3O2. The van der Waals surface area contributed by atoms with Gasteiger partial charge in [0, 0.05) is 29.2 Å². The van der Waals surface area contributed by atoms with Gasteiger partial charge >= 0.3 is 12.8 Å². The quantitative estimate of drug-likeness (QED) is 0.428. The number of carbonyl (C=O) groups excluding carboxylic acids is 1. The highest BCUT2D eigenvalue weighted by Crippen LogP contribution is 2.42. The van der Waals surface area contributed by atoms with E-state index in [0.717, 1.165) is 18.9 Å². The second-order valence-electron chi connectivity index (χ2n) is 6.58. The van der Waals surface area contributed by atoms with Crippen molar-refractivity contribution in [3.05, 3.63) is 45.7 Å². The first-order chi connectivity index (χ1) is 13.6. The number of nitrogens with one attached hydrogen (secondary N) is 1. The van der Waals surface area contributed by atoms with Gasteiger partial charge in [0.05, 0.1) is 5.56 Å². The van der Waals surface area contributed by atoms with Crippen LogP contribution >= 0.6 is 15.9 Å². The molecule has 11 heteroatoms. The van der Waals surface area contributed by atoms with E-state index >= 15 is 0 Å². The van der Waals surface area contributed by atoms with Crippen molar-refractivity contribution in [1.29, 1.82) is 0 Å². The minimum absolute atomic E-state index is 0.0724. The molecule has 0 saturated heterocycles. The fourth-order valence-corrected chi connectivity index (χ4v) is 3.22. The van der Waals surface area contributed by atoms with Crippen molar-refractivity contribution in [2.24, 2.45) is 0 Å². The molecule has 1 aromatic carbocycles. The topological polar surface area (TPSA) is 56.2 Å². The number of nitrogens with zero attached hydrogens (tertiary/aromatic N) is 2. The number of hydrogen-bond donors (Lipinski definition) is 1. The van der Waals surface area contributed by atoms with E-state index in [0.29, 0.717) is 16.6 Å². The highest BCUT2D eigenvalue weighted by molar-refractivity contribution is 9.10. The number of rotatable bonds is 8. The van der Waals surface area contributed by atoms with Crippen LogP contribution in [0, 0.1) is 0 Å². The van der Waals surface area contributed by atoms with E-state index in [1.807, 2.05) is 0 Å². The van der Waals surface area contributed by atoms with Gasteiger partial charge in [-0.25, -0.2) is 0 Å². The van der Waals surface area contributed by atoms with Gasteiger partial charge < -0.3 is 10.1 Å². The molecule has 3 rings (SSSR count). The van der Waals surface area contributed by atoms with E-state index in [-0.39, 0.29) is 30.3 Å². The fraction of sp³-hybridized carbons (Fsp3) is 0.444. The molecule has 1 N–H and O–H groups in total. The maximum absolute atomic E-state index is 12.9. The molecule has 2 aromatic rings. The highest BCUT2D eigenvalue weighted by Gasteiger charge is 2.37. The van der Waals surface area contributed by atoms with E-state index in [4.69, 9.17) is 0 Å². The van der Waals surface area contributed by atoms with Crippen LogP contribution in [0.3, 0.4) is 0 Å². The van der Waals surface area contributed by atoms with Gasteiger partial charge in [0.1, 0.15) is 5.75 Å². The summed E-state index contributed by atoms with van der Waals surface area (Å²) in [7, 11) is 0. The number of carbonyl (C=O) groups is 1. The SMILES string of the molecule is O=C(NCCCn1nc(C(F)(F)F)cc1C1CC1)c1cc(Br)ccc1OC(F)F. The van der Waals surface area contributed by atoms with Crippen LogP contribution in [0.25, 0.3) is 0 Å². The van der Waals surface area contributed by atoms with Crippen LogP contribution in [0.4, 0.5) is 22.0 Å². The number of benzene rings is 1. The monoisotopic (exact) mass is 481 g/mol. The van der Waals surface area contributed by atoms with Crippen LogP contribution in [0.15, 0.2) is 28.7 Å². The predicted molar refractivity (Wildman–Crippen MR) is 96.9 cm³/mol. The minimum Gasteiger partial charge on any atom is -0.434 e. The molecule has 0 unspecified atom stereocenters. The number of aryl methyl sites for hydroxylation is 1. The summed E-state index contributed by atoms with van der Waals surface area (Å²) >= 11 is 3.16. The Morgan fingerprint density at radius 2 is 2.03 bits per heavy atom. The van der Waals surface area contributed by atoms with Crippen LogP contribution in [0.5, 0.6) is 5.75 Å². The smallest absolute Gasteiger partial charge is 0.434 e. The molecule has 29 heavy (non-hydrogen) atoms. The van der Waals surface area contributed by atoms with Crippen LogP contribution in [0.2, 0.25) is 0 Å². The fourth-order valence-electron chi connectivity index (χ4n) is 2.86.